The summed E-state index contributed by atoms with van der Waals surface area (Å²) >= 11 is 0. The minimum atomic E-state index is -3.59. The second-order valence-electron chi connectivity index (χ2n) is 6.88. The fourth-order valence-corrected chi connectivity index (χ4v) is 6.20. The van der Waals surface area contributed by atoms with Gasteiger partial charge in [-0.2, -0.15) is 0 Å². The minimum Gasteiger partial charge on any atom is -0.381 e. The molecular formula is C20H24FNO3S. The molecule has 3 atom stereocenters. The van der Waals surface area contributed by atoms with Gasteiger partial charge >= 0.3 is 0 Å². The molecule has 2 aromatic rings. The van der Waals surface area contributed by atoms with Gasteiger partial charge in [0.05, 0.1) is 16.8 Å². The highest BCUT2D eigenvalue weighted by molar-refractivity contribution is 7.92. The van der Waals surface area contributed by atoms with Crippen molar-refractivity contribution in [1.82, 2.24) is 0 Å². The first-order valence-electron chi connectivity index (χ1n) is 8.70. The van der Waals surface area contributed by atoms with Crippen molar-refractivity contribution in [2.75, 3.05) is 19.8 Å². The first kappa shape index (κ1) is 19.0. The van der Waals surface area contributed by atoms with Crippen molar-refractivity contribution in [3.63, 3.8) is 0 Å². The maximum absolute atomic E-state index is 13.3. The van der Waals surface area contributed by atoms with Crippen LogP contribution in [0.1, 0.15) is 24.0 Å². The van der Waals surface area contributed by atoms with Crippen LogP contribution in [0.25, 0.3) is 0 Å². The number of hydrogen-bond acceptors (Lipinski definition) is 4. The van der Waals surface area contributed by atoms with Crippen molar-refractivity contribution < 1.29 is 17.5 Å². The van der Waals surface area contributed by atoms with Gasteiger partial charge in [0.15, 0.2) is 9.84 Å². The second kappa shape index (κ2) is 7.10. The van der Waals surface area contributed by atoms with Crippen molar-refractivity contribution >= 4 is 9.84 Å². The van der Waals surface area contributed by atoms with Crippen LogP contribution in [0.4, 0.5) is 4.39 Å². The molecule has 1 saturated carbocycles. The van der Waals surface area contributed by atoms with Gasteiger partial charge in [0, 0.05) is 24.5 Å². The third kappa shape index (κ3) is 3.17. The number of hydrogen-bond donors (Lipinski definition) is 1. The van der Waals surface area contributed by atoms with Crippen molar-refractivity contribution in [1.29, 1.82) is 0 Å². The molecular weight excluding hydrogens is 353 g/mol. The van der Waals surface area contributed by atoms with Crippen LogP contribution in [0.5, 0.6) is 0 Å². The first-order valence-corrected chi connectivity index (χ1v) is 10.3. The van der Waals surface area contributed by atoms with E-state index in [1.165, 1.54) is 12.1 Å². The molecule has 0 unspecified atom stereocenters. The summed E-state index contributed by atoms with van der Waals surface area (Å²) in [5, 5.41) is -0.681. The highest BCUT2D eigenvalue weighted by atomic mass is 32.2. The average Bonchev–Trinajstić information content (AvgIpc) is 3.31. The Morgan fingerprint density at radius 3 is 2.27 bits per heavy atom. The molecule has 1 aliphatic rings. The lowest BCUT2D eigenvalue weighted by molar-refractivity contribution is 0.101. The lowest BCUT2D eigenvalue weighted by Gasteiger charge is -2.16. The van der Waals surface area contributed by atoms with E-state index >= 15 is 0 Å². The quantitative estimate of drug-likeness (QED) is 0.805. The molecule has 0 spiro atoms. The maximum atomic E-state index is 13.3. The molecule has 0 bridgehead atoms. The van der Waals surface area contributed by atoms with Gasteiger partial charge in [-0.3, -0.25) is 0 Å². The van der Waals surface area contributed by atoms with Crippen LogP contribution in [-0.4, -0.2) is 33.4 Å². The van der Waals surface area contributed by atoms with E-state index in [2.05, 4.69) is 0 Å². The summed E-state index contributed by atoms with van der Waals surface area (Å²) < 4.78 is 45.5. The number of aryl methyl sites for hydroxylation is 1. The zero-order valence-corrected chi connectivity index (χ0v) is 15.8. The largest absolute Gasteiger partial charge is 0.381 e. The molecule has 1 fully saturated rings. The van der Waals surface area contributed by atoms with Gasteiger partial charge in [0.1, 0.15) is 5.82 Å². The van der Waals surface area contributed by atoms with E-state index in [1.54, 1.807) is 36.4 Å². The number of sulfone groups is 1. The normalized spacial score (nSPS) is 25.2. The minimum absolute atomic E-state index is 0.185. The molecule has 0 aromatic heterocycles. The molecule has 6 heteroatoms. The lowest BCUT2D eigenvalue weighted by atomic mass is 10.00. The monoisotopic (exact) mass is 377 g/mol. The zero-order valence-electron chi connectivity index (χ0n) is 15.0. The summed E-state index contributed by atoms with van der Waals surface area (Å²) in [6, 6.07) is 12.8. The molecule has 0 saturated heterocycles. The predicted octanol–water partition coefficient (Wildman–Crippen LogP) is 3.06. The highest BCUT2D eigenvalue weighted by Gasteiger charge is 2.70. The average molecular weight is 377 g/mol. The van der Waals surface area contributed by atoms with Crippen LogP contribution in [0.15, 0.2) is 53.4 Å². The van der Waals surface area contributed by atoms with Crippen LogP contribution < -0.4 is 5.73 Å². The van der Waals surface area contributed by atoms with E-state index in [0.717, 1.165) is 11.1 Å². The Balaban J connectivity index is 2.03. The Bertz CT molecular complexity index is 865. The molecule has 26 heavy (non-hydrogen) atoms. The van der Waals surface area contributed by atoms with Gasteiger partial charge in [-0.1, -0.05) is 29.8 Å². The van der Waals surface area contributed by atoms with Crippen molar-refractivity contribution in [3.05, 3.63) is 65.5 Å². The van der Waals surface area contributed by atoms with Crippen molar-refractivity contribution in [2.24, 2.45) is 11.1 Å². The topological polar surface area (TPSA) is 69.4 Å². The molecule has 4 nitrogen and oxygen atoms in total. The number of benzene rings is 2. The SMILES string of the molecule is CCOC[C@]1(CN)[C@H](c2ccc(F)cc2)[C@H]1S(=O)(=O)c1ccc(C)cc1. The molecule has 140 valence electrons. The summed E-state index contributed by atoms with van der Waals surface area (Å²) in [5.41, 5.74) is 7.11. The molecule has 2 aromatic carbocycles. The summed E-state index contributed by atoms with van der Waals surface area (Å²) in [7, 11) is -3.59. The van der Waals surface area contributed by atoms with Crippen LogP contribution in [0.3, 0.4) is 0 Å². The number of ether oxygens (including phenoxy) is 1. The number of halogens is 1. The smallest absolute Gasteiger partial charge is 0.182 e. The van der Waals surface area contributed by atoms with E-state index in [-0.39, 0.29) is 29.8 Å². The van der Waals surface area contributed by atoms with Gasteiger partial charge in [-0.25, -0.2) is 12.8 Å². The van der Waals surface area contributed by atoms with E-state index in [1.807, 2.05) is 13.8 Å². The van der Waals surface area contributed by atoms with Gasteiger partial charge < -0.3 is 10.5 Å². The number of nitrogens with two attached hydrogens (primary N) is 1. The number of rotatable bonds is 7. The standard InChI is InChI=1S/C20H24FNO3S/c1-3-25-13-20(12-22)18(15-6-8-16(21)9-7-15)19(20)26(23,24)17-10-4-14(2)5-11-17/h4-11,18-19H,3,12-13,22H2,1-2H3/t18-,19-,20-/m1/s1. The van der Waals surface area contributed by atoms with Crippen LogP contribution in [0.2, 0.25) is 0 Å². The third-order valence-corrected chi connectivity index (χ3v) is 7.59. The summed E-state index contributed by atoms with van der Waals surface area (Å²) in [5.74, 6) is -0.665. The molecule has 3 rings (SSSR count). The van der Waals surface area contributed by atoms with Crippen molar-refractivity contribution in [3.8, 4) is 0 Å². The molecule has 1 aliphatic carbocycles. The Kier molecular flexibility index (Phi) is 5.19. The first-order chi connectivity index (χ1) is 12.4. The molecule has 2 N–H and O–H groups in total. The van der Waals surface area contributed by atoms with Crippen molar-refractivity contribution in [2.45, 2.75) is 29.9 Å². The fraction of sp³-hybridized carbons (Fsp3) is 0.400. The Hall–Kier alpha value is -1.76. The van der Waals surface area contributed by atoms with Gasteiger partial charge in [-0.15, -0.1) is 0 Å². The lowest BCUT2D eigenvalue weighted by Crippen LogP contribution is -2.29. The molecule has 0 heterocycles. The summed E-state index contributed by atoms with van der Waals surface area (Å²) in [6.07, 6.45) is 0. The Morgan fingerprint density at radius 2 is 1.73 bits per heavy atom. The molecule has 0 aliphatic heterocycles. The van der Waals surface area contributed by atoms with E-state index in [0.29, 0.717) is 6.61 Å². The zero-order chi connectivity index (χ0) is 18.9. The van der Waals surface area contributed by atoms with Crippen LogP contribution in [-0.2, 0) is 14.6 Å². The highest BCUT2D eigenvalue weighted by Crippen LogP contribution is 2.63. The van der Waals surface area contributed by atoms with E-state index in [9.17, 15) is 12.8 Å². The molecule has 0 amide bonds. The van der Waals surface area contributed by atoms with Gasteiger partial charge in [0.2, 0.25) is 0 Å². The predicted molar refractivity (Wildman–Crippen MR) is 99.3 cm³/mol. The van der Waals surface area contributed by atoms with Gasteiger partial charge in [-0.05, 0) is 43.7 Å². The summed E-state index contributed by atoms with van der Waals surface area (Å²) in [6.45, 7) is 4.70. The maximum Gasteiger partial charge on any atom is 0.182 e. The van der Waals surface area contributed by atoms with Gasteiger partial charge in [0.25, 0.3) is 0 Å². The van der Waals surface area contributed by atoms with Crippen LogP contribution in [0, 0.1) is 18.2 Å². The Labute approximate surface area is 154 Å². The summed E-state index contributed by atoms with van der Waals surface area (Å²) in [4.78, 5) is 0.284. The molecule has 0 radical (unpaired) electrons. The second-order valence-corrected chi connectivity index (χ2v) is 8.95. The van der Waals surface area contributed by atoms with Crippen LogP contribution >= 0.6 is 0 Å². The van der Waals surface area contributed by atoms with E-state index in [4.69, 9.17) is 10.5 Å². The third-order valence-electron chi connectivity index (χ3n) is 5.25. The van der Waals surface area contributed by atoms with E-state index < -0.39 is 20.5 Å². The Morgan fingerprint density at radius 1 is 1.12 bits per heavy atom. The fourth-order valence-electron chi connectivity index (χ4n) is 3.76.